The van der Waals surface area contributed by atoms with E-state index in [0.29, 0.717) is 0 Å². The molecule has 0 spiro atoms. The largest absolute Gasteiger partial charge is 0.310 e. The summed E-state index contributed by atoms with van der Waals surface area (Å²) in [6.45, 7) is 0. The lowest BCUT2D eigenvalue weighted by Crippen LogP contribution is -2.12. The van der Waals surface area contributed by atoms with Gasteiger partial charge in [-0.3, -0.25) is 0 Å². The van der Waals surface area contributed by atoms with Crippen LogP contribution in [0.2, 0.25) is 0 Å². The molecule has 0 aliphatic rings. The van der Waals surface area contributed by atoms with Crippen LogP contribution in [0.5, 0.6) is 0 Å². The molecule has 11 rings (SSSR count). The summed E-state index contributed by atoms with van der Waals surface area (Å²) in [4.78, 5) is 2.45. The average Bonchev–Trinajstić information content (AvgIpc) is 3.73. The van der Waals surface area contributed by atoms with Crippen LogP contribution in [0.3, 0.4) is 0 Å². The summed E-state index contributed by atoms with van der Waals surface area (Å²) < 4.78 is 2.63. The van der Waals surface area contributed by atoms with E-state index in [1.54, 1.807) is 0 Å². The van der Waals surface area contributed by atoms with Crippen LogP contribution in [-0.2, 0) is 0 Å². The Morgan fingerprint density at radius 2 is 0.694 bits per heavy atom. The van der Waals surface area contributed by atoms with Crippen molar-refractivity contribution in [2.45, 2.75) is 0 Å². The maximum atomic E-state index is 2.45. The Balaban J connectivity index is 1.11. The van der Waals surface area contributed by atoms with Crippen LogP contribution >= 0.6 is 11.3 Å². The zero-order chi connectivity index (χ0) is 41.2. The zero-order valence-corrected chi connectivity index (χ0v) is 34.8. The molecule has 292 valence electrons. The smallest absolute Gasteiger partial charge is 0.0540 e. The lowest BCUT2D eigenvalue weighted by molar-refractivity contribution is 1.28. The van der Waals surface area contributed by atoms with E-state index in [4.69, 9.17) is 0 Å². The molecule has 0 atom stereocenters. The summed E-state index contributed by atoms with van der Waals surface area (Å²) in [5, 5.41) is 2.63. The van der Waals surface area contributed by atoms with Gasteiger partial charge < -0.3 is 4.90 Å². The van der Waals surface area contributed by atoms with Crippen molar-refractivity contribution in [3.63, 3.8) is 0 Å². The fraction of sp³-hybridized carbons (Fsp3) is 0. The summed E-state index contributed by atoms with van der Waals surface area (Å²) in [5.41, 5.74) is 17.5. The van der Waals surface area contributed by atoms with Gasteiger partial charge in [0.2, 0.25) is 0 Å². The number of rotatable bonds is 9. The normalized spacial score (nSPS) is 11.2. The van der Waals surface area contributed by atoms with Gasteiger partial charge in [0.1, 0.15) is 0 Å². The number of hydrogen-bond acceptors (Lipinski definition) is 2. The Hall–Kier alpha value is -7.78. The molecule has 1 heterocycles. The van der Waals surface area contributed by atoms with Crippen molar-refractivity contribution < 1.29 is 0 Å². The van der Waals surface area contributed by atoms with Crippen molar-refractivity contribution >= 4 is 48.6 Å². The van der Waals surface area contributed by atoms with Crippen LogP contribution in [0.1, 0.15) is 0 Å². The molecule has 0 aliphatic carbocycles. The van der Waals surface area contributed by atoms with E-state index in [-0.39, 0.29) is 0 Å². The predicted octanol–water partition coefficient (Wildman–Crippen LogP) is 17.5. The maximum Gasteiger partial charge on any atom is 0.0540 e. The quantitative estimate of drug-likeness (QED) is 0.140. The monoisotopic (exact) mass is 807 g/mol. The molecule has 0 aliphatic heterocycles. The average molecular weight is 808 g/mol. The second-order valence-electron chi connectivity index (χ2n) is 15.7. The van der Waals surface area contributed by atoms with E-state index in [0.717, 1.165) is 33.8 Å². The van der Waals surface area contributed by atoms with Crippen molar-refractivity contribution in [2.75, 3.05) is 4.90 Å². The number of thiophene rings is 1. The third-order valence-electron chi connectivity index (χ3n) is 11.9. The molecule has 10 aromatic carbocycles. The number of fused-ring (bicyclic) bond motifs is 3. The molecule has 1 nitrogen and oxygen atoms in total. The number of benzene rings is 10. The van der Waals surface area contributed by atoms with Gasteiger partial charge in [-0.25, -0.2) is 0 Å². The van der Waals surface area contributed by atoms with Gasteiger partial charge in [0.25, 0.3) is 0 Å². The molecular formula is C60H41NS. The summed E-state index contributed by atoms with van der Waals surface area (Å²) in [7, 11) is 0. The topological polar surface area (TPSA) is 3.24 Å². The van der Waals surface area contributed by atoms with Gasteiger partial charge in [0.15, 0.2) is 0 Å². The Labute approximate surface area is 367 Å². The first kappa shape index (κ1) is 37.2. The van der Waals surface area contributed by atoms with Crippen LogP contribution in [0.15, 0.2) is 249 Å². The Morgan fingerprint density at radius 1 is 0.242 bits per heavy atom. The van der Waals surface area contributed by atoms with E-state index < -0.39 is 0 Å². The summed E-state index contributed by atoms with van der Waals surface area (Å²) in [5.74, 6) is 0. The molecule has 0 bridgehead atoms. The number of anilines is 3. The number of hydrogen-bond donors (Lipinski definition) is 0. The van der Waals surface area contributed by atoms with Crippen molar-refractivity contribution in [3.05, 3.63) is 249 Å². The summed E-state index contributed by atoms with van der Waals surface area (Å²) in [6, 6.07) is 90.5. The Kier molecular flexibility index (Phi) is 9.82. The first-order valence-electron chi connectivity index (χ1n) is 21.2. The van der Waals surface area contributed by atoms with Crippen LogP contribution in [-0.4, -0.2) is 0 Å². The summed E-state index contributed by atoms with van der Waals surface area (Å²) in [6.07, 6.45) is 0. The molecule has 0 fully saturated rings. The third kappa shape index (κ3) is 7.07. The van der Waals surface area contributed by atoms with Gasteiger partial charge in [-0.05, 0) is 110 Å². The third-order valence-corrected chi connectivity index (χ3v) is 13.0. The second-order valence-corrected chi connectivity index (χ2v) is 16.8. The van der Waals surface area contributed by atoms with Crippen molar-refractivity contribution in [3.8, 4) is 66.8 Å². The highest BCUT2D eigenvalue weighted by atomic mass is 32.1. The van der Waals surface area contributed by atoms with Gasteiger partial charge >= 0.3 is 0 Å². The lowest BCUT2D eigenvalue weighted by atomic mass is 9.88. The highest BCUT2D eigenvalue weighted by Gasteiger charge is 2.22. The Bertz CT molecular complexity index is 3270. The molecule has 0 N–H and O–H groups in total. The molecule has 0 unspecified atom stereocenters. The Morgan fingerprint density at radius 3 is 1.34 bits per heavy atom. The molecule has 0 amide bonds. The van der Waals surface area contributed by atoms with Crippen molar-refractivity contribution in [1.29, 1.82) is 0 Å². The molecular weight excluding hydrogens is 767 g/mol. The highest BCUT2D eigenvalue weighted by molar-refractivity contribution is 7.25. The van der Waals surface area contributed by atoms with Crippen LogP contribution in [0.25, 0.3) is 86.9 Å². The number of nitrogens with zero attached hydrogens (tertiary/aromatic N) is 1. The molecule has 0 radical (unpaired) electrons. The maximum absolute atomic E-state index is 2.45. The first-order chi connectivity index (χ1) is 30.7. The van der Waals surface area contributed by atoms with Gasteiger partial charge in [0, 0.05) is 37.1 Å². The van der Waals surface area contributed by atoms with E-state index in [1.807, 2.05) is 11.3 Å². The van der Waals surface area contributed by atoms with Gasteiger partial charge in [-0.2, -0.15) is 0 Å². The fourth-order valence-electron chi connectivity index (χ4n) is 8.91. The standard InChI is InChI=1S/C60H41NS/c1-4-18-42(19-5-1)47-38-48(43-20-6-2-7-21-43)40-50(39-47)61(49-35-32-44(33-36-49)46-34-37-57-56-29-15-17-31-59(56)62-60(57)41-46)58-30-16-14-28-55(58)54-27-13-12-26-53(54)52-25-11-10-24-51(52)45-22-8-3-9-23-45/h1-41H. The van der Waals surface area contributed by atoms with Gasteiger partial charge in [-0.15, -0.1) is 11.3 Å². The number of para-hydroxylation sites is 1. The van der Waals surface area contributed by atoms with Crippen LogP contribution < -0.4 is 4.90 Å². The van der Waals surface area contributed by atoms with Crippen LogP contribution in [0.4, 0.5) is 17.1 Å². The predicted molar refractivity (Wildman–Crippen MR) is 267 cm³/mol. The minimum atomic E-state index is 1.08. The van der Waals surface area contributed by atoms with E-state index >= 15 is 0 Å². The van der Waals surface area contributed by atoms with Gasteiger partial charge in [-0.1, -0.05) is 200 Å². The SMILES string of the molecule is c1ccc(-c2cc(-c3ccccc3)cc(N(c3ccc(-c4ccc5c(c4)sc4ccccc45)cc3)c3ccccc3-c3ccccc3-c3ccccc3-c3ccccc3)c2)cc1. The lowest BCUT2D eigenvalue weighted by Gasteiger charge is -2.29. The van der Waals surface area contributed by atoms with Gasteiger partial charge in [0.05, 0.1) is 5.69 Å². The molecule has 1 aromatic heterocycles. The van der Waals surface area contributed by atoms with E-state index in [9.17, 15) is 0 Å². The summed E-state index contributed by atoms with van der Waals surface area (Å²) >= 11 is 1.86. The van der Waals surface area contributed by atoms with Crippen molar-refractivity contribution in [1.82, 2.24) is 0 Å². The molecule has 2 heteroatoms. The minimum Gasteiger partial charge on any atom is -0.310 e. The van der Waals surface area contributed by atoms with Crippen molar-refractivity contribution in [2.24, 2.45) is 0 Å². The molecule has 0 saturated carbocycles. The molecule has 11 aromatic rings. The molecule has 0 saturated heterocycles. The zero-order valence-electron chi connectivity index (χ0n) is 34.0. The van der Waals surface area contributed by atoms with E-state index in [1.165, 1.54) is 70.2 Å². The van der Waals surface area contributed by atoms with Crippen LogP contribution in [0, 0.1) is 0 Å². The molecule has 62 heavy (non-hydrogen) atoms. The highest BCUT2D eigenvalue weighted by Crippen LogP contribution is 2.47. The second kappa shape index (κ2) is 16.3. The minimum absolute atomic E-state index is 1.08. The fourth-order valence-corrected chi connectivity index (χ4v) is 10.1. The van der Waals surface area contributed by atoms with E-state index in [2.05, 4.69) is 254 Å². The first-order valence-corrected chi connectivity index (χ1v) is 22.0.